The third-order valence-corrected chi connectivity index (χ3v) is 6.67. The van der Waals surface area contributed by atoms with E-state index in [9.17, 15) is 4.79 Å². The molecule has 4 aromatic rings. The number of nitrogens with zero attached hydrogens (tertiary/aromatic N) is 4. The number of ether oxygens (including phenoxy) is 2. The van der Waals surface area contributed by atoms with Crippen LogP contribution in [0.15, 0.2) is 65.6 Å². The van der Waals surface area contributed by atoms with Gasteiger partial charge in [0.25, 0.3) is 0 Å². The Labute approximate surface area is 208 Å². The van der Waals surface area contributed by atoms with Gasteiger partial charge in [0, 0.05) is 67.5 Å². The van der Waals surface area contributed by atoms with Crippen molar-refractivity contribution in [3.8, 4) is 39.8 Å². The van der Waals surface area contributed by atoms with Crippen LogP contribution < -0.4 is 4.74 Å². The highest BCUT2D eigenvalue weighted by Gasteiger charge is 2.22. The van der Waals surface area contributed by atoms with Crippen LogP contribution in [0.4, 0.5) is 0 Å². The van der Waals surface area contributed by atoms with E-state index in [1.165, 1.54) is 0 Å². The summed E-state index contributed by atoms with van der Waals surface area (Å²) in [5, 5.41) is 0. The van der Waals surface area contributed by atoms with Gasteiger partial charge in [-0.1, -0.05) is 18.2 Å². The molecule has 0 amide bonds. The minimum Gasteiger partial charge on any atom is -0.462 e. The first-order valence-electron chi connectivity index (χ1n) is 12.2. The normalized spacial score (nSPS) is 15.7. The Balaban J connectivity index is 1.25. The van der Waals surface area contributed by atoms with Crippen LogP contribution in [0.3, 0.4) is 0 Å². The lowest BCUT2D eigenvalue weighted by Gasteiger charge is -2.26. The highest BCUT2D eigenvalue weighted by atomic mass is 16.5. The third kappa shape index (κ3) is 4.65. The molecule has 2 aliphatic rings. The molecule has 1 aliphatic carbocycles. The van der Waals surface area contributed by atoms with E-state index >= 15 is 0 Å². The standard InChI is InChI=1S/C28H26N4O4/c33-25-4-2-20-15-21(1-3-23(20)25)24-16-26(36-27(24)19-5-7-29-8-6-19)22-17-30-28(31-18-22)35-14-11-32-9-12-34-13-10-32/h1,3,5-8,15-18H,2,4,9-14H2. The maximum absolute atomic E-state index is 12.1. The SMILES string of the molecule is O=C1CCc2cc(-c3cc(-c4cnc(OCCN5CCOCC5)nc4)oc3-c3ccncc3)ccc21. The van der Waals surface area contributed by atoms with Gasteiger partial charge in [-0.15, -0.1) is 0 Å². The Morgan fingerprint density at radius 3 is 2.50 bits per heavy atom. The second-order valence-electron chi connectivity index (χ2n) is 8.94. The zero-order valence-electron chi connectivity index (χ0n) is 19.9. The summed E-state index contributed by atoms with van der Waals surface area (Å²) in [7, 11) is 0. The van der Waals surface area contributed by atoms with E-state index in [1.54, 1.807) is 24.8 Å². The van der Waals surface area contributed by atoms with Crippen molar-refractivity contribution in [2.24, 2.45) is 0 Å². The van der Waals surface area contributed by atoms with Crippen molar-refractivity contribution in [1.29, 1.82) is 0 Å². The van der Waals surface area contributed by atoms with Crippen molar-refractivity contribution >= 4 is 5.78 Å². The lowest BCUT2D eigenvalue weighted by molar-refractivity contribution is 0.0317. The molecule has 0 unspecified atom stereocenters. The maximum atomic E-state index is 12.1. The minimum atomic E-state index is 0.211. The molecule has 1 fully saturated rings. The molecule has 1 aliphatic heterocycles. The van der Waals surface area contributed by atoms with E-state index in [0.717, 1.165) is 78.4 Å². The van der Waals surface area contributed by atoms with E-state index in [2.05, 4.69) is 25.9 Å². The number of hydrogen-bond acceptors (Lipinski definition) is 8. The number of Topliss-reactive ketones (excluding diaryl/α,β-unsaturated/α-hetero) is 1. The number of rotatable bonds is 7. The van der Waals surface area contributed by atoms with Crippen LogP contribution in [0.25, 0.3) is 33.8 Å². The summed E-state index contributed by atoms with van der Waals surface area (Å²) in [6.07, 6.45) is 8.28. The number of pyridine rings is 1. The van der Waals surface area contributed by atoms with Gasteiger partial charge in [0.1, 0.15) is 18.1 Å². The fourth-order valence-corrected chi connectivity index (χ4v) is 4.70. The van der Waals surface area contributed by atoms with Gasteiger partial charge in [-0.3, -0.25) is 14.7 Å². The number of furan rings is 1. The smallest absolute Gasteiger partial charge is 0.316 e. The van der Waals surface area contributed by atoms with Crippen LogP contribution in [0.1, 0.15) is 22.3 Å². The average Bonchev–Trinajstić information content (AvgIpc) is 3.54. The molecule has 6 rings (SSSR count). The van der Waals surface area contributed by atoms with Crippen LogP contribution in [0.2, 0.25) is 0 Å². The predicted molar refractivity (Wildman–Crippen MR) is 134 cm³/mol. The molecule has 182 valence electrons. The Bertz CT molecular complexity index is 1360. The molecular weight excluding hydrogens is 456 g/mol. The lowest BCUT2D eigenvalue weighted by atomic mass is 9.98. The van der Waals surface area contributed by atoms with Crippen LogP contribution in [0.5, 0.6) is 6.01 Å². The van der Waals surface area contributed by atoms with Gasteiger partial charge >= 0.3 is 6.01 Å². The highest BCUT2D eigenvalue weighted by molar-refractivity contribution is 6.01. The molecule has 36 heavy (non-hydrogen) atoms. The molecule has 4 heterocycles. The van der Waals surface area contributed by atoms with Crippen LogP contribution in [-0.2, 0) is 11.2 Å². The largest absolute Gasteiger partial charge is 0.462 e. The molecule has 0 radical (unpaired) electrons. The van der Waals surface area contributed by atoms with Crippen molar-refractivity contribution in [2.45, 2.75) is 12.8 Å². The number of aryl methyl sites for hydroxylation is 1. The molecule has 0 spiro atoms. The van der Waals surface area contributed by atoms with Crippen LogP contribution in [-0.4, -0.2) is 65.1 Å². The number of carbonyl (C=O) groups is 1. The topological polar surface area (TPSA) is 90.6 Å². The number of fused-ring (bicyclic) bond motifs is 1. The highest BCUT2D eigenvalue weighted by Crippen LogP contribution is 2.39. The first-order chi connectivity index (χ1) is 17.7. The van der Waals surface area contributed by atoms with Gasteiger partial charge in [0.05, 0.1) is 18.8 Å². The minimum absolute atomic E-state index is 0.211. The molecule has 0 atom stereocenters. The Morgan fingerprint density at radius 1 is 0.889 bits per heavy atom. The fraction of sp³-hybridized carbons (Fsp3) is 0.286. The number of aromatic nitrogens is 3. The summed E-state index contributed by atoms with van der Waals surface area (Å²) >= 11 is 0. The van der Waals surface area contributed by atoms with Crippen molar-refractivity contribution in [3.63, 3.8) is 0 Å². The van der Waals surface area contributed by atoms with E-state index < -0.39 is 0 Å². The summed E-state index contributed by atoms with van der Waals surface area (Å²) in [5.74, 6) is 1.61. The quantitative estimate of drug-likeness (QED) is 0.385. The summed E-state index contributed by atoms with van der Waals surface area (Å²) in [6.45, 7) is 4.71. The number of benzene rings is 1. The first-order valence-corrected chi connectivity index (χ1v) is 12.2. The van der Waals surface area contributed by atoms with E-state index in [4.69, 9.17) is 13.9 Å². The lowest BCUT2D eigenvalue weighted by Crippen LogP contribution is -2.38. The summed E-state index contributed by atoms with van der Waals surface area (Å²) in [5.41, 5.74) is 5.55. The Morgan fingerprint density at radius 2 is 1.69 bits per heavy atom. The second-order valence-corrected chi connectivity index (χ2v) is 8.94. The van der Waals surface area contributed by atoms with E-state index in [-0.39, 0.29) is 5.78 Å². The zero-order chi connectivity index (χ0) is 24.3. The monoisotopic (exact) mass is 482 g/mol. The first kappa shape index (κ1) is 22.6. The molecule has 1 saturated heterocycles. The number of ketones is 1. The number of carbonyl (C=O) groups excluding carboxylic acids is 1. The Kier molecular flexibility index (Phi) is 6.27. The van der Waals surface area contributed by atoms with Gasteiger partial charge in [-0.05, 0) is 35.7 Å². The van der Waals surface area contributed by atoms with Crippen molar-refractivity contribution < 1.29 is 18.7 Å². The zero-order valence-corrected chi connectivity index (χ0v) is 19.9. The molecule has 1 aromatic carbocycles. The average molecular weight is 483 g/mol. The maximum Gasteiger partial charge on any atom is 0.316 e. The Hall–Kier alpha value is -3.88. The molecule has 0 N–H and O–H groups in total. The second kappa shape index (κ2) is 10.0. The van der Waals surface area contributed by atoms with Gasteiger partial charge < -0.3 is 13.9 Å². The van der Waals surface area contributed by atoms with Crippen molar-refractivity contribution in [3.05, 3.63) is 72.3 Å². The number of morpholine rings is 1. The van der Waals surface area contributed by atoms with Gasteiger partial charge in [-0.2, -0.15) is 0 Å². The summed E-state index contributed by atoms with van der Waals surface area (Å²) in [6, 6.07) is 12.2. The fourth-order valence-electron chi connectivity index (χ4n) is 4.70. The molecule has 3 aromatic heterocycles. The molecule has 8 nitrogen and oxygen atoms in total. The molecular formula is C28H26N4O4. The van der Waals surface area contributed by atoms with E-state index in [1.807, 2.05) is 30.3 Å². The van der Waals surface area contributed by atoms with E-state index in [0.29, 0.717) is 24.8 Å². The van der Waals surface area contributed by atoms with Crippen LogP contribution >= 0.6 is 0 Å². The van der Waals surface area contributed by atoms with Crippen molar-refractivity contribution in [2.75, 3.05) is 39.5 Å². The number of hydrogen-bond donors (Lipinski definition) is 0. The molecule has 0 saturated carbocycles. The summed E-state index contributed by atoms with van der Waals surface area (Å²) in [4.78, 5) is 27.3. The predicted octanol–water partition coefficient (Wildman–Crippen LogP) is 4.31. The van der Waals surface area contributed by atoms with Crippen LogP contribution in [0, 0.1) is 0 Å². The van der Waals surface area contributed by atoms with Crippen molar-refractivity contribution in [1.82, 2.24) is 19.9 Å². The third-order valence-electron chi connectivity index (χ3n) is 6.67. The molecule has 8 heteroatoms. The van der Waals surface area contributed by atoms with Gasteiger partial charge in [0.2, 0.25) is 0 Å². The van der Waals surface area contributed by atoms with Gasteiger partial charge in [-0.25, -0.2) is 9.97 Å². The molecule has 0 bridgehead atoms. The van der Waals surface area contributed by atoms with Gasteiger partial charge in [0.15, 0.2) is 5.78 Å². The summed E-state index contributed by atoms with van der Waals surface area (Å²) < 4.78 is 17.5.